The first-order valence-electron chi connectivity index (χ1n) is 12.9. The molecule has 6 rings (SSSR count). The summed E-state index contributed by atoms with van der Waals surface area (Å²) >= 11 is 0. The Morgan fingerprint density at radius 1 is 0.902 bits per heavy atom. The first kappa shape index (κ1) is 25.8. The fraction of sp³-hybridized carbons (Fsp3) is 0.0938. The van der Waals surface area contributed by atoms with Gasteiger partial charge < -0.3 is 19.5 Å². The van der Waals surface area contributed by atoms with Crippen LogP contribution in [0.1, 0.15) is 12.5 Å². The van der Waals surface area contributed by atoms with Gasteiger partial charge in [0.15, 0.2) is 11.5 Å². The van der Waals surface area contributed by atoms with Crippen LogP contribution in [0.2, 0.25) is 0 Å². The predicted molar refractivity (Wildman–Crippen MR) is 151 cm³/mol. The van der Waals surface area contributed by atoms with Crippen LogP contribution in [0.4, 0.5) is 10.1 Å². The molecule has 1 N–H and O–H groups in total. The topological polar surface area (TPSA) is 91.7 Å². The number of esters is 1. The van der Waals surface area contributed by atoms with Gasteiger partial charge >= 0.3 is 5.97 Å². The van der Waals surface area contributed by atoms with Crippen molar-refractivity contribution in [3.8, 4) is 45.5 Å². The van der Waals surface area contributed by atoms with E-state index in [1.165, 1.54) is 23.7 Å². The molecule has 1 aromatic heterocycles. The van der Waals surface area contributed by atoms with Gasteiger partial charge in [-0.2, -0.15) is 9.78 Å². The Morgan fingerprint density at radius 2 is 1.61 bits per heavy atom. The molecule has 204 valence electrons. The lowest BCUT2D eigenvalue weighted by atomic mass is 10.0. The van der Waals surface area contributed by atoms with Gasteiger partial charge in [0.1, 0.15) is 11.5 Å². The molecule has 4 aromatic carbocycles. The van der Waals surface area contributed by atoms with E-state index in [4.69, 9.17) is 19.3 Å². The second-order valence-electron chi connectivity index (χ2n) is 9.37. The number of aromatic nitrogens is 2. The van der Waals surface area contributed by atoms with Crippen LogP contribution in [0, 0.1) is 5.82 Å². The Labute approximate surface area is 234 Å². The van der Waals surface area contributed by atoms with Gasteiger partial charge in [-0.15, -0.1) is 0 Å². The van der Waals surface area contributed by atoms with Crippen LogP contribution in [0.25, 0.3) is 28.1 Å². The van der Waals surface area contributed by atoms with Crippen molar-refractivity contribution in [2.24, 2.45) is 0 Å². The molecule has 0 radical (unpaired) electrons. The van der Waals surface area contributed by atoms with Crippen molar-refractivity contribution in [1.29, 1.82) is 0 Å². The van der Waals surface area contributed by atoms with Gasteiger partial charge in [-0.3, -0.25) is 9.59 Å². The summed E-state index contributed by atoms with van der Waals surface area (Å²) < 4.78 is 32.0. The quantitative estimate of drug-likeness (QED) is 0.244. The molecule has 0 spiro atoms. The van der Waals surface area contributed by atoms with Crippen molar-refractivity contribution in [2.75, 3.05) is 12.1 Å². The van der Waals surface area contributed by atoms with Crippen molar-refractivity contribution in [3.63, 3.8) is 0 Å². The minimum atomic E-state index is -0.545. The summed E-state index contributed by atoms with van der Waals surface area (Å²) in [6, 6.07) is 27.8. The highest BCUT2D eigenvalue weighted by molar-refractivity contribution is 5.93. The van der Waals surface area contributed by atoms with E-state index in [2.05, 4.69) is 5.32 Å². The van der Waals surface area contributed by atoms with Crippen molar-refractivity contribution < 1.29 is 28.2 Å². The number of carbonyl (C=O) groups excluding carboxylic acids is 2. The van der Waals surface area contributed by atoms with Crippen molar-refractivity contribution in [3.05, 3.63) is 108 Å². The number of fused-ring (bicyclic) bond motifs is 1. The van der Waals surface area contributed by atoms with Crippen LogP contribution >= 0.6 is 0 Å². The van der Waals surface area contributed by atoms with Gasteiger partial charge in [-0.05, 0) is 65.7 Å². The molecule has 8 nitrogen and oxygen atoms in total. The highest BCUT2D eigenvalue weighted by atomic mass is 19.1. The van der Waals surface area contributed by atoms with Crippen LogP contribution in [0.15, 0.2) is 97.1 Å². The molecule has 1 aliphatic rings. The number of carbonyl (C=O) groups is 2. The zero-order valence-corrected chi connectivity index (χ0v) is 22.0. The maximum Gasteiger partial charge on any atom is 0.309 e. The molecule has 1 aliphatic heterocycles. The van der Waals surface area contributed by atoms with E-state index in [1.54, 1.807) is 36.4 Å². The number of amides is 1. The summed E-state index contributed by atoms with van der Waals surface area (Å²) in [5, 5.41) is 7.72. The summed E-state index contributed by atoms with van der Waals surface area (Å²) in [7, 11) is 0. The Kier molecular flexibility index (Phi) is 6.91. The third-order valence-corrected chi connectivity index (χ3v) is 6.47. The summed E-state index contributed by atoms with van der Waals surface area (Å²) in [5.74, 6) is 0.249. The highest BCUT2D eigenvalue weighted by Crippen LogP contribution is 2.44. The molecule has 0 saturated heterocycles. The number of rotatable bonds is 7. The highest BCUT2D eigenvalue weighted by Gasteiger charge is 2.26. The fourth-order valence-electron chi connectivity index (χ4n) is 4.60. The Morgan fingerprint density at radius 3 is 2.34 bits per heavy atom. The summed E-state index contributed by atoms with van der Waals surface area (Å²) in [4.78, 5) is 24.8. The van der Waals surface area contributed by atoms with E-state index in [0.29, 0.717) is 45.3 Å². The van der Waals surface area contributed by atoms with Crippen LogP contribution in [-0.2, 0) is 16.0 Å². The maximum absolute atomic E-state index is 13.7. The maximum atomic E-state index is 13.7. The third-order valence-electron chi connectivity index (χ3n) is 6.47. The van der Waals surface area contributed by atoms with E-state index in [9.17, 15) is 14.0 Å². The Balaban J connectivity index is 1.42. The number of ether oxygens (including phenoxy) is 3. The van der Waals surface area contributed by atoms with Crippen molar-refractivity contribution >= 4 is 17.6 Å². The summed E-state index contributed by atoms with van der Waals surface area (Å²) in [5.41, 5.74) is 4.44. The van der Waals surface area contributed by atoms with Gasteiger partial charge in [0.2, 0.25) is 18.6 Å². The molecular formula is C32H24FN3O5. The molecule has 0 bridgehead atoms. The zero-order chi connectivity index (χ0) is 28.3. The Hall–Kier alpha value is -5.44. The van der Waals surface area contributed by atoms with E-state index in [1.807, 2.05) is 48.5 Å². The fourth-order valence-corrected chi connectivity index (χ4v) is 4.60. The second-order valence-corrected chi connectivity index (χ2v) is 9.37. The van der Waals surface area contributed by atoms with Crippen LogP contribution in [0.3, 0.4) is 0 Å². The van der Waals surface area contributed by atoms with E-state index >= 15 is 0 Å². The number of nitrogens with zero attached hydrogens (tertiary/aromatic N) is 2. The number of hydrogen-bond donors (Lipinski definition) is 1. The number of halogens is 1. The minimum absolute atomic E-state index is 0.117. The summed E-state index contributed by atoms with van der Waals surface area (Å²) in [6.07, 6.45) is 0.248. The second kappa shape index (κ2) is 11.0. The average Bonchev–Trinajstić information content (AvgIpc) is 3.59. The zero-order valence-electron chi connectivity index (χ0n) is 22.0. The number of benzene rings is 4. The average molecular weight is 550 g/mol. The molecule has 0 saturated carbocycles. The molecule has 5 aromatic rings. The third kappa shape index (κ3) is 5.51. The number of hydrogen-bond acceptors (Lipinski definition) is 6. The first-order chi connectivity index (χ1) is 19.9. The van der Waals surface area contributed by atoms with E-state index < -0.39 is 11.8 Å². The molecule has 9 heteroatoms. The largest absolute Gasteiger partial charge is 0.454 e. The van der Waals surface area contributed by atoms with Crippen LogP contribution < -0.4 is 19.5 Å². The van der Waals surface area contributed by atoms with Gasteiger partial charge in [0.05, 0.1) is 17.7 Å². The monoisotopic (exact) mass is 549 g/mol. The van der Waals surface area contributed by atoms with E-state index in [-0.39, 0.29) is 25.0 Å². The summed E-state index contributed by atoms with van der Waals surface area (Å²) in [6.45, 7) is 1.42. The standard InChI is InChI=1S/C32H24FN3O5/c1-20(37)41-32-30(22-7-12-25(13-8-22)34-29(38)17-21-5-3-2-4-6-21)31(23-9-16-27-28(18-23)40-19-39-27)35-36(32)26-14-10-24(33)11-15-26/h2-16,18H,17,19H2,1H3,(H,34,38). The smallest absolute Gasteiger partial charge is 0.309 e. The molecular weight excluding hydrogens is 525 g/mol. The molecule has 2 heterocycles. The molecule has 0 unspecified atom stereocenters. The molecule has 0 fully saturated rings. The molecule has 1 amide bonds. The number of nitrogens with one attached hydrogen (secondary N) is 1. The van der Waals surface area contributed by atoms with Crippen molar-refractivity contribution in [2.45, 2.75) is 13.3 Å². The molecule has 0 aliphatic carbocycles. The van der Waals surface area contributed by atoms with E-state index in [0.717, 1.165) is 5.56 Å². The van der Waals surface area contributed by atoms with Gasteiger partial charge in [0, 0.05) is 18.2 Å². The lowest BCUT2D eigenvalue weighted by Crippen LogP contribution is -2.14. The molecule has 41 heavy (non-hydrogen) atoms. The lowest BCUT2D eigenvalue weighted by Gasteiger charge is -2.11. The van der Waals surface area contributed by atoms with Crippen LogP contribution in [-0.4, -0.2) is 28.4 Å². The number of anilines is 1. The van der Waals surface area contributed by atoms with Gasteiger partial charge in [0.25, 0.3) is 0 Å². The minimum Gasteiger partial charge on any atom is -0.454 e. The Bertz CT molecular complexity index is 1730. The van der Waals surface area contributed by atoms with Gasteiger partial charge in [-0.25, -0.2) is 4.39 Å². The molecule has 0 atom stereocenters. The first-order valence-corrected chi connectivity index (χ1v) is 12.9. The van der Waals surface area contributed by atoms with Gasteiger partial charge in [-0.1, -0.05) is 42.5 Å². The van der Waals surface area contributed by atoms with Crippen LogP contribution in [0.5, 0.6) is 17.4 Å². The normalized spacial score (nSPS) is 11.8. The lowest BCUT2D eigenvalue weighted by molar-refractivity contribution is -0.132. The SMILES string of the molecule is CC(=O)Oc1c(-c2ccc(NC(=O)Cc3ccccc3)cc2)c(-c2ccc3c(c2)OCO3)nn1-c1ccc(F)cc1. The van der Waals surface area contributed by atoms with Crippen molar-refractivity contribution in [1.82, 2.24) is 9.78 Å². The predicted octanol–water partition coefficient (Wildman–Crippen LogP) is 6.18.